The number of hydrogen-bond donors (Lipinski definition) is 5. The number of aromatic nitrogens is 3. The Bertz CT molecular complexity index is 1310. The maximum Gasteiger partial charge on any atom is 0.414 e. The van der Waals surface area contributed by atoms with E-state index in [2.05, 4.69) is 19.8 Å². The van der Waals surface area contributed by atoms with Crippen LogP contribution in [0.2, 0.25) is 0 Å². The maximum atomic E-state index is 9.10. The molecule has 1 aliphatic carbocycles. The first-order chi connectivity index (χ1) is 20.0. The number of carboxylic acid groups (broad SMARTS) is 4. The van der Waals surface area contributed by atoms with Crippen LogP contribution in [0.4, 0.5) is 5.95 Å². The number of imidazole rings is 1. The summed E-state index contributed by atoms with van der Waals surface area (Å²) in [4.78, 5) is 48.6. The van der Waals surface area contributed by atoms with E-state index in [-0.39, 0.29) is 0 Å². The summed E-state index contributed by atoms with van der Waals surface area (Å²) in [6.45, 7) is 5.06. The van der Waals surface area contributed by atoms with Gasteiger partial charge < -0.3 is 35.1 Å². The molecule has 0 aromatic carbocycles. The molecule has 5 N–H and O–H groups in total. The monoisotopic (exact) mass is 587 g/mol. The van der Waals surface area contributed by atoms with E-state index < -0.39 is 23.9 Å². The van der Waals surface area contributed by atoms with Gasteiger partial charge in [-0.2, -0.15) is 0 Å². The van der Waals surface area contributed by atoms with E-state index in [1.165, 1.54) is 64.5 Å². The van der Waals surface area contributed by atoms with Crippen molar-refractivity contribution in [3.05, 3.63) is 42.0 Å². The Balaban J connectivity index is 0.000000342. The highest BCUT2D eigenvalue weighted by molar-refractivity contribution is 6.27. The maximum absolute atomic E-state index is 9.10. The second-order valence-corrected chi connectivity index (χ2v) is 10.2. The molecule has 1 saturated carbocycles. The lowest BCUT2D eigenvalue weighted by Crippen LogP contribution is -2.37. The van der Waals surface area contributed by atoms with Crippen LogP contribution in [0.15, 0.2) is 34.9 Å². The van der Waals surface area contributed by atoms with Crippen molar-refractivity contribution in [1.82, 2.24) is 19.4 Å². The summed E-state index contributed by atoms with van der Waals surface area (Å²) in [6.07, 6.45) is 12.5. The molecule has 5 rings (SSSR count). The number of rotatable bonds is 5. The van der Waals surface area contributed by atoms with Crippen molar-refractivity contribution in [3.63, 3.8) is 0 Å². The quantitative estimate of drug-likeness (QED) is 0.272. The number of nitrogens with zero attached hydrogens (tertiary/aromatic N) is 4. The minimum atomic E-state index is -1.82. The van der Waals surface area contributed by atoms with E-state index >= 15 is 0 Å². The van der Waals surface area contributed by atoms with Crippen LogP contribution in [-0.2, 0) is 25.7 Å². The van der Waals surface area contributed by atoms with Crippen molar-refractivity contribution >= 4 is 41.0 Å². The van der Waals surface area contributed by atoms with Crippen molar-refractivity contribution < 1.29 is 44.0 Å². The minimum Gasteiger partial charge on any atom is -0.473 e. The average molecular weight is 588 g/mol. The number of carboxylic acids is 4. The summed E-state index contributed by atoms with van der Waals surface area (Å²) in [7, 11) is 0. The minimum absolute atomic E-state index is 0.451. The van der Waals surface area contributed by atoms with Gasteiger partial charge in [-0.05, 0) is 69.8 Å². The van der Waals surface area contributed by atoms with Gasteiger partial charge in [0, 0.05) is 24.8 Å². The Hall–Kier alpha value is -4.46. The summed E-state index contributed by atoms with van der Waals surface area (Å²) in [5.74, 6) is -4.52. The van der Waals surface area contributed by atoms with Crippen molar-refractivity contribution in [3.8, 4) is 0 Å². The SMILES string of the molecule is Cc1ccc(Cn2c(NC3CCCN(C4CCCCC4)CC3)nc3cccnc32)o1.O=C(O)C(=O)O.O=C(O)C(=O)O. The van der Waals surface area contributed by atoms with E-state index in [0.717, 1.165) is 34.7 Å². The first-order valence-electron chi connectivity index (χ1n) is 13.8. The molecule has 0 spiro atoms. The van der Waals surface area contributed by atoms with Crippen LogP contribution in [0.1, 0.15) is 62.9 Å². The molecule has 14 nitrogen and oxygen atoms in total. The molecule has 2 fully saturated rings. The fourth-order valence-electron chi connectivity index (χ4n) is 5.20. The number of fused-ring (bicyclic) bond motifs is 1. The first kappa shape index (κ1) is 32.1. The standard InChI is InChI=1S/C24H33N5O.2C2H2O4/c1-18-11-12-21(30-18)17-29-23-22(10-5-14-25-23)27-24(29)26-19-7-6-15-28(16-13-19)20-8-3-2-4-9-20;2*3-1(4)2(5)6/h5,10-12,14,19-20H,2-4,6-9,13,15-17H2,1H3,(H,26,27);2*(H,3,4)(H,5,6). The van der Waals surface area contributed by atoms with Gasteiger partial charge in [-0.3, -0.25) is 4.57 Å². The molecule has 0 amide bonds. The van der Waals surface area contributed by atoms with Gasteiger partial charge in [-0.1, -0.05) is 19.3 Å². The highest BCUT2D eigenvalue weighted by Crippen LogP contribution is 2.27. The number of likely N-dealkylation sites (tertiary alicyclic amines) is 1. The number of nitrogens with one attached hydrogen (secondary N) is 1. The summed E-state index contributed by atoms with van der Waals surface area (Å²) >= 11 is 0. The van der Waals surface area contributed by atoms with Crippen LogP contribution >= 0.6 is 0 Å². The highest BCUT2D eigenvalue weighted by atomic mass is 16.4. The summed E-state index contributed by atoms with van der Waals surface area (Å²) in [5, 5.41) is 33.3. The van der Waals surface area contributed by atoms with Gasteiger partial charge in [-0.15, -0.1) is 0 Å². The van der Waals surface area contributed by atoms with Gasteiger partial charge in [0.25, 0.3) is 0 Å². The second kappa shape index (κ2) is 15.5. The first-order valence-corrected chi connectivity index (χ1v) is 13.8. The van der Waals surface area contributed by atoms with Gasteiger partial charge >= 0.3 is 23.9 Å². The fourth-order valence-corrected chi connectivity index (χ4v) is 5.20. The molecule has 3 aromatic heterocycles. The number of aryl methyl sites for hydroxylation is 1. The van der Waals surface area contributed by atoms with E-state index in [9.17, 15) is 0 Å². The zero-order chi connectivity index (χ0) is 30.6. The summed E-state index contributed by atoms with van der Waals surface area (Å²) < 4.78 is 8.01. The number of anilines is 1. The number of carbonyl (C=O) groups is 4. The lowest BCUT2D eigenvalue weighted by molar-refractivity contribution is -0.159. The zero-order valence-electron chi connectivity index (χ0n) is 23.4. The summed E-state index contributed by atoms with van der Waals surface area (Å²) in [6, 6.07) is 9.31. The number of hydrogen-bond acceptors (Lipinski definition) is 9. The molecule has 42 heavy (non-hydrogen) atoms. The average Bonchev–Trinajstić information content (AvgIpc) is 3.44. The van der Waals surface area contributed by atoms with Gasteiger partial charge in [0.15, 0.2) is 5.65 Å². The molecular formula is C28H37N5O9. The molecular weight excluding hydrogens is 550 g/mol. The smallest absolute Gasteiger partial charge is 0.414 e. The molecule has 1 unspecified atom stereocenters. The molecule has 1 atom stereocenters. The van der Waals surface area contributed by atoms with E-state index in [1.807, 2.05) is 37.4 Å². The Kier molecular flexibility index (Phi) is 11.8. The molecule has 2 aliphatic rings. The fraction of sp³-hybridized carbons (Fsp3) is 0.500. The lowest BCUT2D eigenvalue weighted by Gasteiger charge is -2.33. The van der Waals surface area contributed by atoms with Crippen LogP contribution < -0.4 is 5.32 Å². The molecule has 1 saturated heterocycles. The molecule has 0 bridgehead atoms. The zero-order valence-corrected chi connectivity index (χ0v) is 23.4. The van der Waals surface area contributed by atoms with Crippen molar-refractivity contribution in [2.24, 2.45) is 0 Å². The van der Waals surface area contributed by atoms with Crippen molar-refractivity contribution in [1.29, 1.82) is 0 Å². The predicted molar refractivity (Wildman–Crippen MR) is 150 cm³/mol. The van der Waals surface area contributed by atoms with Gasteiger partial charge in [0.2, 0.25) is 5.95 Å². The molecule has 0 radical (unpaired) electrons. The van der Waals surface area contributed by atoms with Gasteiger partial charge in [0.05, 0.1) is 6.54 Å². The Morgan fingerprint density at radius 3 is 2.14 bits per heavy atom. The Morgan fingerprint density at radius 1 is 0.881 bits per heavy atom. The highest BCUT2D eigenvalue weighted by Gasteiger charge is 2.25. The van der Waals surface area contributed by atoms with Gasteiger partial charge in [-0.25, -0.2) is 29.1 Å². The largest absolute Gasteiger partial charge is 0.473 e. The molecule has 4 heterocycles. The Labute approximate surface area is 242 Å². The van der Waals surface area contributed by atoms with Crippen LogP contribution in [0.5, 0.6) is 0 Å². The number of furan rings is 1. The van der Waals surface area contributed by atoms with Crippen LogP contribution in [0.3, 0.4) is 0 Å². The van der Waals surface area contributed by atoms with Crippen molar-refractivity contribution in [2.45, 2.75) is 76.9 Å². The Morgan fingerprint density at radius 2 is 1.55 bits per heavy atom. The normalized spacial score (nSPS) is 17.6. The van der Waals surface area contributed by atoms with E-state index in [4.69, 9.17) is 49.0 Å². The van der Waals surface area contributed by atoms with Crippen LogP contribution in [-0.4, -0.2) is 88.9 Å². The van der Waals surface area contributed by atoms with Crippen molar-refractivity contribution in [2.75, 3.05) is 18.4 Å². The molecule has 1 aliphatic heterocycles. The second-order valence-electron chi connectivity index (χ2n) is 10.2. The van der Waals surface area contributed by atoms with E-state index in [0.29, 0.717) is 12.6 Å². The molecule has 14 heteroatoms. The number of aliphatic carboxylic acids is 4. The third-order valence-electron chi connectivity index (χ3n) is 7.17. The lowest BCUT2D eigenvalue weighted by atomic mass is 9.94. The number of pyridine rings is 1. The topological polar surface area (TPSA) is 208 Å². The predicted octanol–water partition coefficient (Wildman–Crippen LogP) is 3.29. The van der Waals surface area contributed by atoms with Crippen LogP contribution in [0.25, 0.3) is 11.2 Å². The van der Waals surface area contributed by atoms with Crippen LogP contribution in [0, 0.1) is 6.92 Å². The molecule has 228 valence electrons. The third kappa shape index (κ3) is 9.58. The molecule has 3 aromatic rings. The van der Waals surface area contributed by atoms with E-state index in [1.54, 1.807) is 0 Å². The summed E-state index contributed by atoms with van der Waals surface area (Å²) in [5.41, 5.74) is 1.84. The van der Waals surface area contributed by atoms with Gasteiger partial charge in [0.1, 0.15) is 17.0 Å². The third-order valence-corrected chi connectivity index (χ3v) is 7.17.